The van der Waals surface area contributed by atoms with Crippen LogP contribution >= 0.6 is 0 Å². The quantitative estimate of drug-likeness (QED) is 0.754. The van der Waals surface area contributed by atoms with E-state index in [0.717, 1.165) is 24.2 Å². The number of carbonyl (C=O) groups is 2. The highest BCUT2D eigenvalue weighted by Gasteiger charge is 2.32. The van der Waals surface area contributed by atoms with E-state index in [0.29, 0.717) is 30.8 Å². The summed E-state index contributed by atoms with van der Waals surface area (Å²) >= 11 is 0. The molecule has 0 saturated carbocycles. The average Bonchev–Trinajstić information content (AvgIpc) is 2.96. The number of hydrogen-bond acceptors (Lipinski definition) is 4. The van der Waals surface area contributed by atoms with Crippen LogP contribution in [0, 0.1) is 0 Å². The summed E-state index contributed by atoms with van der Waals surface area (Å²) in [5, 5.41) is 2.94. The molecule has 0 spiro atoms. The van der Waals surface area contributed by atoms with Crippen molar-refractivity contribution in [3.8, 4) is 11.5 Å². The number of nitrogens with zero attached hydrogens (tertiary/aromatic N) is 1. The number of nitrogens with one attached hydrogen (secondary N) is 1. The van der Waals surface area contributed by atoms with Gasteiger partial charge in [-0.2, -0.15) is 0 Å². The molecule has 1 aliphatic heterocycles. The van der Waals surface area contributed by atoms with Crippen molar-refractivity contribution in [3.05, 3.63) is 59.7 Å². The van der Waals surface area contributed by atoms with Crippen molar-refractivity contribution < 1.29 is 19.1 Å². The molecule has 6 nitrogen and oxygen atoms in total. The number of para-hydroxylation sites is 1. The lowest BCUT2D eigenvalue weighted by Crippen LogP contribution is -2.48. The maximum Gasteiger partial charge on any atom is 0.258 e. The van der Waals surface area contributed by atoms with Gasteiger partial charge in [-0.25, -0.2) is 0 Å². The Labute approximate surface area is 178 Å². The number of hydrogen-bond donors (Lipinski definition) is 1. The van der Waals surface area contributed by atoms with Gasteiger partial charge in [0.05, 0.1) is 18.8 Å². The van der Waals surface area contributed by atoms with Gasteiger partial charge in [0.15, 0.2) is 0 Å². The number of benzene rings is 2. The minimum Gasteiger partial charge on any atom is -0.496 e. The molecule has 1 N–H and O–H groups in total. The Morgan fingerprint density at radius 2 is 1.87 bits per heavy atom. The van der Waals surface area contributed by atoms with E-state index in [2.05, 4.69) is 5.32 Å². The van der Waals surface area contributed by atoms with Crippen molar-refractivity contribution in [2.24, 2.45) is 0 Å². The predicted octanol–water partition coefficient (Wildman–Crippen LogP) is 3.79. The largest absolute Gasteiger partial charge is 0.496 e. The molecule has 1 fully saturated rings. The highest BCUT2D eigenvalue weighted by atomic mass is 16.5. The van der Waals surface area contributed by atoms with Crippen molar-refractivity contribution in [2.45, 2.75) is 51.8 Å². The summed E-state index contributed by atoms with van der Waals surface area (Å²) in [7, 11) is 1.54. The fourth-order valence-electron chi connectivity index (χ4n) is 3.66. The van der Waals surface area contributed by atoms with Crippen LogP contribution < -0.4 is 14.8 Å². The van der Waals surface area contributed by atoms with Crippen LogP contribution in [0.15, 0.2) is 48.5 Å². The van der Waals surface area contributed by atoms with Crippen molar-refractivity contribution in [2.75, 3.05) is 13.7 Å². The van der Waals surface area contributed by atoms with Crippen molar-refractivity contribution in [1.82, 2.24) is 10.2 Å². The van der Waals surface area contributed by atoms with Crippen LogP contribution in [0.2, 0.25) is 0 Å². The maximum atomic E-state index is 13.5. The van der Waals surface area contributed by atoms with Crippen LogP contribution in [0.5, 0.6) is 11.5 Å². The monoisotopic (exact) mass is 410 g/mol. The number of ether oxygens (including phenoxy) is 2. The van der Waals surface area contributed by atoms with Gasteiger partial charge in [-0.3, -0.25) is 9.59 Å². The third kappa shape index (κ3) is 5.32. The second-order valence-corrected chi connectivity index (χ2v) is 7.75. The van der Waals surface area contributed by atoms with Gasteiger partial charge in [-0.1, -0.05) is 24.3 Å². The molecule has 2 aromatic rings. The normalized spacial score (nSPS) is 16.5. The molecule has 1 aliphatic rings. The van der Waals surface area contributed by atoms with Crippen LogP contribution in [-0.2, 0) is 11.3 Å². The number of rotatable bonds is 7. The van der Waals surface area contributed by atoms with E-state index in [1.54, 1.807) is 30.2 Å². The highest BCUT2D eigenvalue weighted by molar-refractivity contribution is 5.99. The third-order valence-electron chi connectivity index (χ3n) is 5.13. The van der Waals surface area contributed by atoms with Crippen LogP contribution in [0.4, 0.5) is 0 Å². The predicted molar refractivity (Wildman–Crippen MR) is 116 cm³/mol. The number of methoxy groups -OCH3 is 1. The average molecular weight is 411 g/mol. The van der Waals surface area contributed by atoms with Crippen LogP contribution in [0.25, 0.3) is 0 Å². The van der Waals surface area contributed by atoms with Crippen LogP contribution in [0.1, 0.15) is 49.0 Å². The summed E-state index contributed by atoms with van der Waals surface area (Å²) in [6, 6.07) is 14.3. The molecule has 1 atom stereocenters. The van der Waals surface area contributed by atoms with E-state index in [1.165, 1.54) is 0 Å². The van der Waals surface area contributed by atoms with Crippen LogP contribution in [-0.4, -0.2) is 42.5 Å². The van der Waals surface area contributed by atoms with Gasteiger partial charge in [0.2, 0.25) is 5.91 Å². The van der Waals surface area contributed by atoms with E-state index in [-0.39, 0.29) is 17.9 Å². The Hall–Kier alpha value is -3.02. The zero-order valence-corrected chi connectivity index (χ0v) is 17.9. The summed E-state index contributed by atoms with van der Waals surface area (Å²) in [6.07, 6.45) is 2.54. The molecule has 0 bridgehead atoms. The first-order chi connectivity index (χ1) is 14.5. The van der Waals surface area contributed by atoms with Gasteiger partial charge in [0, 0.05) is 13.1 Å². The van der Waals surface area contributed by atoms with E-state index in [1.807, 2.05) is 44.2 Å². The maximum absolute atomic E-state index is 13.5. The van der Waals surface area contributed by atoms with E-state index in [9.17, 15) is 9.59 Å². The Kier molecular flexibility index (Phi) is 7.33. The summed E-state index contributed by atoms with van der Waals surface area (Å²) < 4.78 is 11.1. The van der Waals surface area contributed by atoms with Gasteiger partial charge in [0.25, 0.3) is 5.91 Å². The topological polar surface area (TPSA) is 67.9 Å². The van der Waals surface area contributed by atoms with Gasteiger partial charge < -0.3 is 19.7 Å². The summed E-state index contributed by atoms with van der Waals surface area (Å²) in [4.78, 5) is 28.0. The molecule has 0 aliphatic carbocycles. The van der Waals surface area contributed by atoms with Crippen molar-refractivity contribution in [1.29, 1.82) is 0 Å². The summed E-state index contributed by atoms with van der Waals surface area (Å²) in [5.41, 5.74) is 1.39. The molecule has 1 heterocycles. The van der Waals surface area contributed by atoms with Crippen molar-refractivity contribution >= 4 is 11.8 Å². The van der Waals surface area contributed by atoms with Gasteiger partial charge in [-0.15, -0.1) is 0 Å². The fourth-order valence-corrected chi connectivity index (χ4v) is 3.66. The zero-order chi connectivity index (χ0) is 21.5. The summed E-state index contributed by atoms with van der Waals surface area (Å²) in [5.74, 6) is 0.971. The zero-order valence-electron chi connectivity index (χ0n) is 17.9. The minimum atomic E-state index is -0.517. The SMILES string of the molecule is COc1ccccc1C(=O)N(Cc1ccc(OC(C)C)cc1)[C@H]1CCCCNC1=O. The Morgan fingerprint density at radius 1 is 1.13 bits per heavy atom. The molecule has 2 amide bonds. The Bertz CT molecular complexity index is 864. The molecule has 1 saturated heterocycles. The fraction of sp³-hybridized carbons (Fsp3) is 0.417. The van der Waals surface area contributed by atoms with Crippen molar-refractivity contribution in [3.63, 3.8) is 0 Å². The van der Waals surface area contributed by atoms with Gasteiger partial charge in [-0.05, 0) is 62.9 Å². The molecule has 0 aromatic heterocycles. The molecule has 160 valence electrons. The molecule has 30 heavy (non-hydrogen) atoms. The molecule has 0 radical (unpaired) electrons. The lowest BCUT2D eigenvalue weighted by atomic mass is 10.0. The molecule has 2 aromatic carbocycles. The Morgan fingerprint density at radius 3 is 2.57 bits per heavy atom. The standard InChI is InChI=1S/C24H30N2O4/c1-17(2)30-19-13-11-18(12-14-19)16-26(21-9-6-7-15-25-23(21)27)24(28)20-8-4-5-10-22(20)29-3/h4-5,8,10-14,17,21H,6-7,9,15-16H2,1-3H3,(H,25,27)/t21-/m0/s1. The Balaban J connectivity index is 1.91. The third-order valence-corrected chi connectivity index (χ3v) is 5.13. The number of amides is 2. The van der Waals surface area contributed by atoms with Crippen LogP contribution in [0.3, 0.4) is 0 Å². The molecule has 0 unspecified atom stereocenters. The first-order valence-electron chi connectivity index (χ1n) is 10.5. The molecular weight excluding hydrogens is 380 g/mol. The first kappa shape index (κ1) is 21.7. The smallest absolute Gasteiger partial charge is 0.258 e. The minimum absolute atomic E-state index is 0.0918. The lowest BCUT2D eigenvalue weighted by Gasteiger charge is -2.30. The molecular formula is C24H30N2O4. The lowest BCUT2D eigenvalue weighted by molar-refractivity contribution is -0.125. The summed E-state index contributed by atoms with van der Waals surface area (Å²) in [6.45, 7) is 4.93. The number of carbonyl (C=O) groups excluding carboxylic acids is 2. The highest BCUT2D eigenvalue weighted by Crippen LogP contribution is 2.25. The van der Waals surface area contributed by atoms with E-state index < -0.39 is 6.04 Å². The second kappa shape index (κ2) is 10.1. The van der Waals surface area contributed by atoms with E-state index in [4.69, 9.17) is 9.47 Å². The van der Waals surface area contributed by atoms with Gasteiger partial charge >= 0.3 is 0 Å². The first-order valence-corrected chi connectivity index (χ1v) is 10.5. The molecule has 6 heteroatoms. The molecule has 3 rings (SSSR count). The van der Waals surface area contributed by atoms with Gasteiger partial charge in [0.1, 0.15) is 17.5 Å². The van der Waals surface area contributed by atoms with E-state index >= 15 is 0 Å². The second-order valence-electron chi connectivity index (χ2n) is 7.75.